The Labute approximate surface area is 84.4 Å². The summed E-state index contributed by atoms with van der Waals surface area (Å²) < 4.78 is 0. The van der Waals surface area contributed by atoms with Gasteiger partial charge in [0, 0.05) is 13.6 Å². The number of hydrogen-bond acceptors (Lipinski definition) is 3. The Bertz CT molecular complexity index is 310. The van der Waals surface area contributed by atoms with E-state index in [-0.39, 0.29) is 6.61 Å². The average molecular weight is 192 g/mol. The normalized spacial score (nSPS) is 15.6. The standard InChI is InChI=1S/C11H16N2O/c1-13(7-9-5-6-9)11-4-2-3-10(8-14)12-11/h2-4,9,14H,5-8H2,1H3. The fraction of sp³-hybridized carbons (Fsp3) is 0.545. The van der Waals surface area contributed by atoms with Crippen LogP contribution in [0.2, 0.25) is 0 Å². The van der Waals surface area contributed by atoms with Crippen molar-refractivity contribution in [2.75, 3.05) is 18.5 Å². The molecule has 1 saturated carbocycles. The van der Waals surface area contributed by atoms with Crippen LogP contribution in [0.15, 0.2) is 18.2 Å². The van der Waals surface area contributed by atoms with Gasteiger partial charge in [0.15, 0.2) is 0 Å². The van der Waals surface area contributed by atoms with Crippen LogP contribution in [-0.2, 0) is 6.61 Å². The molecule has 3 nitrogen and oxygen atoms in total. The number of hydrogen-bond donors (Lipinski definition) is 1. The maximum absolute atomic E-state index is 8.96. The topological polar surface area (TPSA) is 36.4 Å². The van der Waals surface area contributed by atoms with Crippen LogP contribution in [0.25, 0.3) is 0 Å². The fourth-order valence-electron chi connectivity index (χ4n) is 1.55. The van der Waals surface area contributed by atoms with Gasteiger partial charge in [-0.1, -0.05) is 6.07 Å². The van der Waals surface area contributed by atoms with E-state index in [1.54, 1.807) is 0 Å². The molecular weight excluding hydrogens is 176 g/mol. The molecule has 0 radical (unpaired) electrons. The highest BCUT2D eigenvalue weighted by molar-refractivity contribution is 5.38. The summed E-state index contributed by atoms with van der Waals surface area (Å²) in [6, 6.07) is 5.77. The molecule has 0 aromatic carbocycles. The fourth-order valence-corrected chi connectivity index (χ4v) is 1.55. The minimum atomic E-state index is 0.0190. The van der Waals surface area contributed by atoms with Gasteiger partial charge in [-0.25, -0.2) is 4.98 Å². The summed E-state index contributed by atoms with van der Waals surface area (Å²) in [5.41, 5.74) is 0.741. The predicted molar refractivity (Wildman–Crippen MR) is 56.2 cm³/mol. The molecule has 2 rings (SSSR count). The van der Waals surface area contributed by atoms with E-state index in [0.717, 1.165) is 24.0 Å². The number of aromatic nitrogens is 1. The number of aliphatic hydroxyl groups excluding tert-OH is 1. The molecule has 1 N–H and O–H groups in total. The van der Waals surface area contributed by atoms with Gasteiger partial charge >= 0.3 is 0 Å². The Morgan fingerprint density at radius 3 is 2.93 bits per heavy atom. The summed E-state index contributed by atoms with van der Waals surface area (Å²) in [5, 5.41) is 8.96. The van der Waals surface area contributed by atoms with Crippen LogP contribution in [0.3, 0.4) is 0 Å². The Morgan fingerprint density at radius 2 is 2.29 bits per heavy atom. The van der Waals surface area contributed by atoms with Crippen molar-refractivity contribution in [3.05, 3.63) is 23.9 Å². The lowest BCUT2D eigenvalue weighted by Crippen LogP contribution is -2.21. The van der Waals surface area contributed by atoms with Crippen LogP contribution in [0.5, 0.6) is 0 Å². The van der Waals surface area contributed by atoms with Crippen molar-refractivity contribution >= 4 is 5.82 Å². The number of nitrogens with zero attached hydrogens (tertiary/aromatic N) is 2. The van der Waals surface area contributed by atoms with E-state index in [1.165, 1.54) is 12.8 Å². The number of rotatable bonds is 4. The first-order valence-corrected chi connectivity index (χ1v) is 5.07. The van der Waals surface area contributed by atoms with Crippen LogP contribution < -0.4 is 4.90 Å². The van der Waals surface area contributed by atoms with Crippen LogP contribution in [0.4, 0.5) is 5.82 Å². The molecule has 0 atom stereocenters. The summed E-state index contributed by atoms with van der Waals surface area (Å²) in [6.45, 7) is 1.10. The number of pyridine rings is 1. The Balaban J connectivity index is 2.05. The Kier molecular flexibility index (Phi) is 2.68. The third kappa shape index (κ3) is 2.23. The van der Waals surface area contributed by atoms with E-state index < -0.39 is 0 Å². The summed E-state index contributed by atoms with van der Waals surface area (Å²) in [5.74, 6) is 1.82. The SMILES string of the molecule is CN(CC1CC1)c1cccc(CO)n1. The maximum atomic E-state index is 8.96. The van der Waals surface area contributed by atoms with Crippen LogP contribution in [0.1, 0.15) is 18.5 Å². The minimum Gasteiger partial charge on any atom is -0.390 e. The van der Waals surface area contributed by atoms with E-state index in [4.69, 9.17) is 5.11 Å². The Morgan fingerprint density at radius 1 is 1.50 bits per heavy atom. The zero-order valence-electron chi connectivity index (χ0n) is 8.48. The number of anilines is 1. The highest BCUT2D eigenvalue weighted by Gasteiger charge is 2.23. The molecule has 3 heteroatoms. The van der Waals surface area contributed by atoms with Gasteiger partial charge < -0.3 is 10.0 Å². The first-order valence-electron chi connectivity index (χ1n) is 5.07. The smallest absolute Gasteiger partial charge is 0.128 e. The van der Waals surface area contributed by atoms with Crippen molar-refractivity contribution in [1.82, 2.24) is 4.98 Å². The summed E-state index contributed by atoms with van der Waals surface area (Å²) in [4.78, 5) is 6.51. The van der Waals surface area contributed by atoms with E-state index >= 15 is 0 Å². The molecule has 0 bridgehead atoms. The van der Waals surface area contributed by atoms with Crippen LogP contribution in [-0.4, -0.2) is 23.7 Å². The predicted octanol–water partition coefficient (Wildman–Crippen LogP) is 1.42. The van der Waals surface area contributed by atoms with Crippen LogP contribution in [0, 0.1) is 5.92 Å². The molecule has 14 heavy (non-hydrogen) atoms. The second-order valence-corrected chi connectivity index (χ2v) is 3.97. The van der Waals surface area contributed by atoms with E-state index in [2.05, 4.69) is 16.9 Å². The molecule has 1 aromatic rings. The van der Waals surface area contributed by atoms with Crippen LogP contribution >= 0.6 is 0 Å². The first-order chi connectivity index (χ1) is 6.79. The zero-order valence-corrected chi connectivity index (χ0v) is 8.48. The molecule has 1 aliphatic carbocycles. The van der Waals surface area contributed by atoms with Crippen molar-refractivity contribution < 1.29 is 5.11 Å². The molecular formula is C11H16N2O. The molecule has 0 aliphatic heterocycles. The minimum absolute atomic E-state index is 0.0190. The maximum Gasteiger partial charge on any atom is 0.128 e. The van der Waals surface area contributed by atoms with Gasteiger partial charge in [-0.2, -0.15) is 0 Å². The second kappa shape index (κ2) is 3.96. The van der Waals surface area contributed by atoms with Gasteiger partial charge in [0.05, 0.1) is 12.3 Å². The van der Waals surface area contributed by atoms with E-state index in [1.807, 2.05) is 18.2 Å². The van der Waals surface area contributed by atoms with Gasteiger partial charge in [-0.3, -0.25) is 0 Å². The molecule has 1 aromatic heterocycles. The lowest BCUT2D eigenvalue weighted by Gasteiger charge is -2.18. The summed E-state index contributed by atoms with van der Waals surface area (Å²) >= 11 is 0. The van der Waals surface area contributed by atoms with E-state index in [0.29, 0.717) is 0 Å². The Hall–Kier alpha value is -1.09. The van der Waals surface area contributed by atoms with Crippen molar-refractivity contribution in [1.29, 1.82) is 0 Å². The third-order valence-corrected chi connectivity index (χ3v) is 2.57. The van der Waals surface area contributed by atoms with Gasteiger partial charge in [0.1, 0.15) is 5.82 Å². The molecule has 0 amide bonds. The zero-order chi connectivity index (χ0) is 9.97. The van der Waals surface area contributed by atoms with Gasteiger partial charge in [-0.05, 0) is 30.9 Å². The lowest BCUT2D eigenvalue weighted by molar-refractivity contribution is 0.277. The molecule has 0 unspecified atom stereocenters. The summed E-state index contributed by atoms with van der Waals surface area (Å²) in [7, 11) is 2.06. The molecule has 76 valence electrons. The second-order valence-electron chi connectivity index (χ2n) is 3.97. The van der Waals surface area contributed by atoms with Crippen molar-refractivity contribution in [3.63, 3.8) is 0 Å². The molecule has 0 spiro atoms. The van der Waals surface area contributed by atoms with E-state index in [9.17, 15) is 0 Å². The van der Waals surface area contributed by atoms with Crippen molar-refractivity contribution in [2.45, 2.75) is 19.4 Å². The third-order valence-electron chi connectivity index (χ3n) is 2.57. The highest BCUT2D eigenvalue weighted by Crippen LogP contribution is 2.30. The molecule has 1 heterocycles. The van der Waals surface area contributed by atoms with Gasteiger partial charge in [-0.15, -0.1) is 0 Å². The highest BCUT2D eigenvalue weighted by atomic mass is 16.3. The van der Waals surface area contributed by atoms with Gasteiger partial charge in [0.2, 0.25) is 0 Å². The van der Waals surface area contributed by atoms with Crippen molar-refractivity contribution in [3.8, 4) is 0 Å². The first kappa shape index (κ1) is 9.46. The molecule has 1 fully saturated rings. The molecule has 1 aliphatic rings. The lowest BCUT2D eigenvalue weighted by atomic mass is 10.3. The quantitative estimate of drug-likeness (QED) is 0.783. The van der Waals surface area contributed by atoms with Gasteiger partial charge in [0.25, 0.3) is 0 Å². The summed E-state index contributed by atoms with van der Waals surface area (Å²) in [6.07, 6.45) is 2.70. The average Bonchev–Trinajstić information content (AvgIpc) is 3.02. The monoisotopic (exact) mass is 192 g/mol. The largest absolute Gasteiger partial charge is 0.390 e. The van der Waals surface area contributed by atoms with Crippen molar-refractivity contribution in [2.24, 2.45) is 5.92 Å². The number of aliphatic hydroxyl groups is 1. The molecule has 0 saturated heterocycles.